The van der Waals surface area contributed by atoms with Crippen LogP contribution in [0.3, 0.4) is 0 Å². The molecule has 0 amide bonds. The number of carbonyl (C=O) groups is 1. The molecule has 10 nitrogen and oxygen atoms in total. The molecular weight excluding hydrogens is 388 g/mol. The summed E-state index contributed by atoms with van der Waals surface area (Å²) in [5.74, 6) is -0.265. The number of hydrogen-bond acceptors (Lipinski definition) is 9. The lowest BCUT2D eigenvalue weighted by atomic mass is 10.2. The Labute approximate surface area is 171 Å². The van der Waals surface area contributed by atoms with E-state index in [0.717, 1.165) is 17.3 Å². The second-order valence-electron chi connectivity index (χ2n) is 6.17. The van der Waals surface area contributed by atoms with Crippen molar-refractivity contribution in [3.63, 3.8) is 0 Å². The molecule has 30 heavy (non-hydrogen) atoms. The van der Waals surface area contributed by atoms with E-state index in [1.807, 2.05) is 31.2 Å². The fourth-order valence-electron chi connectivity index (χ4n) is 2.48. The molecule has 152 valence electrons. The van der Waals surface area contributed by atoms with Crippen molar-refractivity contribution < 1.29 is 14.5 Å². The van der Waals surface area contributed by atoms with Gasteiger partial charge in [0.2, 0.25) is 11.9 Å². The number of benzene rings is 2. The number of nitrogens with one attached hydrogen (secondary N) is 1. The highest BCUT2D eigenvalue weighted by molar-refractivity contribution is 5.87. The maximum atomic E-state index is 12.0. The highest BCUT2D eigenvalue weighted by atomic mass is 16.6. The number of nitro groups is 1. The van der Waals surface area contributed by atoms with Gasteiger partial charge in [-0.1, -0.05) is 30.3 Å². The molecule has 0 unspecified atom stereocenters. The lowest BCUT2D eigenvalue weighted by Gasteiger charge is -2.09. The smallest absolute Gasteiger partial charge is 0.331 e. The lowest BCUT2D eigenvalue weighted by molar-refractivity contribution is -0.384. The fourth-order valence-corrected chi connectivity index (χ4v) is 2.48. The second kappa shape index (κ2) is 9.24. The topological polar surface area (TPSA) is 146 Å². The molecule has 0 aliphatic rings. The van der Waals surface area contributed by atoms with Crippen LogP contribution in [-0.4, -0.2) is 25.8 Å². The van der Waals surface area contributed by atoms with Crippen LogP contribution in [0.5, 0.6) is 0 Å². The number of non-ortho nitro benzene ring substituents is 1. The molecule has 0 atom stereocenters. The number of nitrogens with zero attached hydrogens (tertiary/aromatic N) is 4. The first kappa shape index (κ1) is 20.4. The van der Waals surface area contributed by atoms with Crippen LogP contribution in [0.4, 0.5) is 23.3 Å². The first-order chi connectivity index (χ1) is 14.4. The first-order valence-corrected chi connectivity index (χ1v) is 8.83. The van der Waals surface area contributed by atoms with Crippen LogP contribution in [0.2, 0.25) is 0 Å². The van der Waals surface area contributed by atoms with Crippen molar-refractivity contribution in [1.82, 2.24) is 15.0 Å². The Bertz CT molecular complexity index is 1120. The maximum Gasteiger partial charge on any atom is 0.331 e. The van der Waals surface area contributed by atoms with Crippen LogP contribution < -0.4 is 11.1 Å². The molecule has 3 rings (SSSR count). The number of nitrogen functional groups attached to an aromatic ring is 1. The second-order valence-corrected chi connectivity index (χ2v) is 6.17. The molecule has 0 saturated carbocycles. The summed E-state index contributed by atoms with van der Waals surface area (Å²) in [6.07, 6.45) is 2.58. The summed E-state index contributed by atoms with van der Waals surface area (Å²) in [6.45, 7) is 1.72. The zero-order valence-electron chi connectivity index (χ0n) is 16.0. The standard InChI is InChI=1S/C20H18N6O4/c1-13-5-2-3-8-16(13)22-20-24-17(23-19(21)25-20)12-30-18(27)10-9-14-6-4-7-15(11-14)26(28)29/h2-11H,12H2,1H3,(H3,21,22,23,24,25). The van der Waals surface area contributed by atoms with Gasteiger partial charge in [-0.05, 0) is 30.2 Å². The Morgan fingerprint density at radius 1 is 1.20 bits per heavy atom. The highest BCUT2D eigenvalue weighted by Gasteiger charge is 2.09. The fraction of sp³-hybridized carbons (Fsp3) is 0.100. The minimum absolute atomic E-state index is 0.0146. The quantitative estimate of drug-likeness (QED) is 0.261. The van der Waals surface area contributed by atoms with Crippen LogP contribution in [0.1, 0.15) is 17.0 Å². The van der Waals surface area contributed by atoms with E-state index >= 15 is 0 Å². The van der Waals surface area contributed by atoms with Crippen LogP contribution in [0.15, 0.2) is 54.6 Å². The summed E-state index contributed by atoms with van der Waals surface area (Å²) in [5, 5.41) is 13.8. The van der Waals surface area contributed by atoms with Crippen molar-refractivity contribution in [1.29, 1.82) is 0 Å². The van der Waals surface area contributed by atoms with Crippen molar-refractivity contribution >= 4 is 35.3 Å². The molecule has 1 aromatic heterocycles. The summed E-state index contributed by atoms with van der Waals surface area (Å²) < 4.78 is 5.12. The van der Waals surface area contributed by atoms with Crippen molar-refractivity contribution in [3.8, 4) is 0 Å². The molecule has 0 radical (unpaired) electrons. The summed E-state index contributed by atoms with van der Waals surface area (Å²) in [7, 11) is 0. The molecule has 0 bridgehead atoms. The molecular formula is C20H18N6O4. The number of rotatable bonds is 7. The predicted molar refractivity (Wildman–Crippen MR) is 111 cm³/mol. The number of para-hydroxylation sites is 1. The molecule has 3 N–H and O–H groups in total. The van der Waals surface area contributed by atoms with Gasteiger partial charge in [0.15, 0.2) is 12.4 Å². The number of carbonyl (C=O) groups excluding carboxylic acids is 1. The Kier molecular flexibility index (Phi) is 6.28. The molecule has 2 aromatic carbocycles. The Morgan fingerprint density at radius 2 is 2.00 bits per heavy atom. The van der Waals surface area contributed by atoms with E-state index in [9.17, 15) is 14.9 Å². The van der Waals surface area contributed by atoms with Gasteiger partial charge in [0, 0.05) is 23.9 Å². The summed E-state index contributed by atoms with van der Waals surface area (Å²) in [4.78, 5) is 34.4. The van der Waals surface area contributed by atoms with E-state index in [1.54, 1.807) is 6.07 Å². The van der Waals surface area contributed by atoms with Crippen LogP contribution in [-0.2, 0) is 16.1 Å². The summed E-state index contributed by atoms with van der Waals surface area (Å²) >= 11 is 0. The molecule has 10 heteroatoms. The molecule has 0 aliphatic heterocycles. The van der Waals surface area contributed by atoms with Gasteiger partial charge in [0.25, 0.3) is 5.69 Å². The van der Waals surface area contributed by atoms with Gasteiger partial charge in [-0.25, -0.2) is 4.79 Å². The number of nitrogens with two attached hydrogens (primary N) is 1. The Balaban J connectivity index is 1.63. The van der Waals surface area contributed by atoms with Crippen LogP contribution >= 0.6 is 0 Å². The van der Waals surface area contributed by atoms with E-state index in [2.05, 4.69) is 20.3 Å². The summed E-state index contributed by atoms with van der Waals surface area (Å²) in [6, 6.07) is 13.5. The maximum absolute atomic E-state index is 12.0. The van der Waals surface area contributed by atoms with Gasteiger partial charge < -0.3 is 15.8 Å². The number of nitro benzene ring substituents is 1. The van der Waals surface area contributed by atoms with Gasteiger partial charge in [-0.2, -0.15) is 15.0 Å². The predicted octanol–water partition coefficient (Wildman–Crippen LogP) is 3.17. The Hall–Kier alpha value is -4.34. The van der Waals surface area contributed by atoms with Crippen molar-refractivity contribution in [2.75, 3.05) is 11.1 Å². The van der Waals surface area contributed by atoms with Crippen LogP contribution in [0.25, 0.3) is 6.08 Å². The van der Waals surface area contributed by atoms with E-state index in [1.165, 1.54) is 24.3 Å². The van der Waals surface area contributed by atoms with Gasteiger partial charge in [0.05, 0.1) is 4.92 Å². The third kappa shape index (κ3) is 5.58. The van der Waals surface area contributed by atoms with Crippen molar-refractivity contribution in [2.45, 2.75) is 13.5 Å². The third-order valence-electron chi connectivity index (χ3n) is 3.93. The number of aryl methyl sites for hydroxylation is 1. The molecule has 0 saturated heterocycles. The van der Waals surface area contributed by atoms with Gasteiger partial charge >= 0.3 is 5.97 Å². The van der Waals surface area contributed by atoms with Gasteiger partial charge in [-0.3, -0.25) is 10.1 Å². The molecule has 0 fully saturated rings. The monoisotopic (exact) mass is 406 g/mol. The zero-order valence-corrected chi connectivity index (χ0v) is 16.0. The highest BCUT2D eigenvalue weighted by Crippen LogP contribution is 2.18. The Morgan fingerprint density at radius 3 is 2.77 bits per heavy atom. The average molecular weight is 406 g/mol. The van der Waals surface area contributed by atoms with E-state index in [4.69, 9.17) is 10.5 Å². The normalized spacial score (nSPS) is 10.7. The van der Waals surface area contributed by atoms with E-state index < -0.39 is 10.9 Å². The van der Waals surface area contributed by atoms with E-state index in [-0.39, 0.29) is 30.0 Å². The zero-order chi connectivity index (χ0) is 21.5. The number of anilines is 3. The SMILES string of the molecule is Cc1ccccc1Nc1nc(N)nc(COC(=O)C=Cc2cccc([N+](=O)[O-])c2)n1. The minimum Gasteiger partial charge on any atom is -0.454 e. The lowest BCUT2D eigenvalue weighted by Crippen LogP contribution is -2.10. The molecule has 0 spiro atoms. The van der Waals surface area contributed by atoms with Gasteiger partial charge in [0.1, 0.15) is 0 Å². The van der Waals surface area contributed by atoms with Gasteiger partial charge in [-0.15, -0.1) is 0 Å². The summed E-state index contributed by atoms with van der Waals surface area (Å²) in [5.41, 5.74) is 7.95. The van der Waals surface area contributed by atoms with Crippen molar-refractivity contribution in [3.05, 3.63) is 81.7 Å². The molecule has 1 heterocycles. The molecule has 0 aliphatic carbocycles. The minimum atomic E-state index is -0.658. The number of hydrogen-bond donors (Lipinski definition) is 2. The van der Waals surface area contributed by atoms with Crippen molar-refractivity contribution in [2.24, 2.45) is 0 Å². The third-order valence-corrected chi connectivity index (χ3v) is 3.93. The average Bonchev–Trinajstić information content (AvgIpc) is 2.72. The largest absolute Gasteiger partial charge is 0.454 e. The number of esters is 1. The number of aromatic nitrogens is 3. The first-order valence-electron chi connectivity index (χ1n) is 8.83. The molecule has 3 aromatic rings. The van der Waals surface area contributed by atoms with E-state index in [0.29, 0.717) is 5.56 Å². The van der Waals surface area contributed by atoms with Crippen LogP contribution in [0, 0.1) is 17.0 Å². The number of ether oxygens (including phenoxy) is 1.